The van der Waals surface area contributed by atoms with Gasteiger partial charge in [0.25, 0.3) is 0 Å². The number of halogens is 3. The SMILES string of the molecule is O=C(O)C(O)C(O)c1c(F)cc(Br)cc1F. The number of aliphatic hydroxyl groups is 2. The quantitative estimate of drug-likeness (QED) is 0.783. The molecule has 4 nitrogen and oxygen atoms in total. The number of carboxylic acids is 1. The van der Waals surface area contributed by atoms with Crippen LogP contribution in [-0.2, 0) is 4.79 Å². The van der Waals surface area contributed by atoms with Crippen LogP contribution >= 0.6 is 15.9 Å². The first kappa shape index (κ1) is 13.0. The predicted molar refractivity (Wildman–Crippen MR) is 52.7 cm³/mol. The maximum absolute atomic E-state index is 13.3. The molecule has 0 radical (unpaired) electrons. The van der Waals surface area contributed by atoms with Crippen molar-refractivity contribution >= 4 is 21.9 Å². The number of rotatable bonds is 3. The third-order valence-electron chi connectivity index (χ3n) is 1.89. The van der Waals surface area contributed by atoms with Crippen molar-refractivity contribution in [1.29, 1.82) is 0 Å². The Morgan fingerprint density at radius 1 is 1.25 bits per heavy atom. The van der Waals surface area contributed by atoms with Crippen LogP contribution in [0.3, 0.4) is 0 Å². The fourth-order valence-electron chi connectivity index (χ4n) is 1.13. The van der Waals surface area contributed by atoms with Crippen LogP contribution in [0.4, 0.5) is 8.78 Å². The highest BCUT2D eigenvalue weighted by atomic mass is 79.9. The number of carboxylic acid groups (broad SMARTS) is 1. The number of hydrogen-bond donors (Lipinski definition) is 3. The van der Waals surface area contributed by atoms with Gasteiger partial charge in [-0.15, -0.1) is 0 Å². The molecule has 0 aromatic heterocycles. The number of carbonyl (C=O) groups is 1. The molecule has 0 aliphatic carbocycles. The molecule has 1 aromatic rings. The van der Waals surface area contributed by atoms with Gasteiger partial charge in [0, 0.05) is 4.47 Å². The Morgan fingerprint density at radius 3 is 2.06 bits per heavy atom. The molecule has 0 aliphatic heterocycles. The Hall–Kier alpha value is -1.05. The molecule has 0 aliphatic rings. The van der Waals surface area contributed by atoms with Crippen molar-refractivity contribution in [2.75, 3.05) is 0 Å². The highest BCUT2D eigenvalue weighted by Crippen LogP contribution is 2.26. The van der Waals surface area contributed by atoms with Crippen molar-refractivity contribution in [1.82, 2.24) is 0 Å². The second-order valence-corrected chi connectivity index (χ2v) is 3.93. The van der Waals surface area contributed by atoms with Crippen LogP contribution in [0, 0.1) is 11.6 Å². The number of aliphatic hydroxyl groups excluding tert-OH is 2. The molecule has 0 spiro atoms. The van der Waals surface area contributed by atoms with E-state index in [1.165, 1.54) is 0 Å². The monoisotopic (exact) mass is 296 g/mol. The lowest BCUT2D eigenvalue weighted by atomic mass is 10.0. The molecule has 0 amide bonds. The van der Waals surface area contributed by atoms with Crippen molar-refractivity contribution in [3.63, 3.8) is 0 Å². The lowest BCUT2D eigenvalue weighted by molar-refractivity contribution is -0.153. The van der Waals surface area contributed by atoms with E-state index in [0.29, 0.717) is 0 Å². The standard InChI is InChI=1S/C9H7BrF2O4/c10-3-1-4(11)6(5(12)2-3)7(13)8(14)9(15)16/h1-2,7-8,13-14H,(H,15,16). The van der Waals surface area contributed by atoms with Crippen LogP contribution in [0.5, 0.6) is 0 Å². The average Bonchev–Trinajstić information content (AvgIpc) is 2.14. The normalized spacial score (nSPS) is 14.6. The zero-order valence-electron chi connectivity index (χ0n) is 7.69. The molecule has 2 atom stereocenters. The summed E-state index contributed by atoms with van der Waals surface area (Å²) in [5, 5.41) is 26.6. The molecule has 0 saturated heterocycles. The van der Waals surface area contributed by atoms with Crippen molar-refractivity contribution in [2.24, 2.45) is 0 Å². The summed E-state index contributed by atoms with van der Waals surface area (Å²) >= 11 is 2.82. The van der Waals surface area contributed by atoms with Crippen molar-refractivity contribution in [3.8, 4) is 0 Å². The van der Waals surface area contributed by atoms with Crippen LogP contribution in [0.1, 0.15) is 11.7 Å². The average molecular weight is 297 g/mol. The Morgan fingerprint density at radius 2 is 1.69 bits per heavy atom. The Bertz CT molecular complexity index is 401. The van der Waals surface area contributed by atoms with E-state index in [9.17, 15) is 18.7 Å². The first-order valence-electron chi connectivity index (χ1n) is 4.08. The fraction of sp³-hybridized carbons (Fsp3) is 0.222. The van der Waals surface area contributed by atoms with E-state index < -0.39 is 35.4 Å². The lowest BCUT2D eigenvalue weighted by Gasteiger charge is -2.15. The van der Waals surface area contributed by atoms with E-state index in [4.69, 9.17) is 10.2 Å². The predicted octanol–water partition coefficient (Wildman–Crippen LogP) is 1.21. The van der Waals surface area contributed by atoms with Crippen molar-refractivity contribution < 1.29 is 28.9 Å². The van der Waals surface area contributed by atoms with E-state index in [0.717, 1.165) is 12.1 Å². The summed E-state index contributed by atoms with van der Waals surface area (Å²) < 4.78 is 26.6. The van der Waals surface area contributed by atoms with Gasteiger partial charge in [-0.2, -0.15) is 0 Å². The molecule has 0 bridgehead atoms. The molecule has 2 unspecified atom stereocenters. The number of hydrogen-bond acceptors (Lipinski definition) is 3. The summed E-state index contributed by atoms with van der Waals surface area (Å²) in [6.45, 7) is 0. The second-order valence-electron chi connectivity index (χ2n) is 3.01. The largest absolute Gasteiger partial charge is 0.479 e. The second kappa shape index (κ2) is 4.86. The van der Waals surface area contributed by atoms with Crippen LogP contribution < -0.4 is 0 Å². The summed E-state index contributed by atoms with van der Waals surface area (Å²) in [7, 11) is 0. The zero-order chi connectivity index (χ0) is 12.5. The van der Waals surface area contributed by atoms with E-state index in [1.54, 1.807) is 0 Å². The minimum Gasteiger partial charge on any atom is -0.479 e. The third-order valence-corrected chi connectivity index (χ3v) is 2.35. The van der Waals surface area contributed by atoms with Crippen LogP contribution in [0.25, 0.3) is 0 Å². The van der Waals surface area contributed by atoms with Gasteiger partial charge in [0.15, 0.2) is 6.10 Å². The maximum atomic E-state index is 13.3. The van der Waals surface area contributed by atoms with Gasteiger partial charge in [-0.05, 0) is 12.1 Å². The summed E-state index contributed by atoms with van der Waals surface area (Å²) in [6, 6.07) is 1.71. The van der Waals surface area contributed by atoms with E-state index in [-0.39, 0.29) is 4.47 Å². The van der Waals surface area contributed by atoms with Crippen LogP contribution in [0.15, 0.2) is 16.6 Å². The molecule has 16 heavy (non-hydrogen) atoms. The highest BCUT2D eigenvalue weighted by Gasteiger charge is 2.30. The van der Waals surface area contributed by atoms with Gasteiger partial charge in [-0.3, -0.25) is 0 Å². The highest BCUT2D eigenvalue weighted by molar-refractivity contribution is 9.10. The van der Waals surface area contributed by atoms with E-state index in [2.05, 4.69) is 15.9 Å². The first-order valence-corrected chi connectivity index (χ1v) is 4.87. The Labute approximate surface area is 97.3 Å². The summed E-state index contributed by atoms with van der Waals surface area (Å²) in [5.74, 6) is -4.05. The molecule has 0 fully saturated rings. The molecule has 3 N–H and O–H groups in total. The molecule has 88 valence electrons. The van der Waals surface area contributed by atoms with Crippen LogP contribution in [-0.4, -0.2) is 27.4 Å². The third kappa shape index (κ3) is 2.55. The Balaban J connectivity index is 3.18. The fourth-order valence-corrected chi connectivity index (χ4v) is 1.53. The van der Waals surface area contributed by atoms with E-state index >= 15 is 0 Å². The molecule has 1 aromatic carbocycles. The van der Waals surface area contributed by atoms with Gasteiger partial charge in [0.2, 0.25) is 0 Å². The van der Waals surface area contributed by atoms with Gasteiger partial charge in [-0.1, -0.05) is 15.9 Å². The first-order chi connectivity index (χ1) is 7.34. The topological polar surface area (TPSA) is 77.8 Å². The minimum atomic E-state index is -2.29. The summed E-state index contributed by atoms with van der Waals surface area (Å²) in [6.07, 6.45) is -4.45. The van der Waals surface area contributed by atoms with Gasteiger partial charge in [0.1, 0.15) is 17.7 Å². The smallest absolute Gasteiger partial charge is 0.335 e. The molecular formula is C9H7BrF2O4. The van der Waals surface area contributed by atoms with Crippen LogP contribution in [0.2, 0.25) is 0 Å². The van der Waals surface area contributed by atoms with Gasteiger partial charge < -0.3 is 15.3 Å². The minimum absolute atomic E-state index is 0.100. The van der Waals surface area contributed by atoms with Gasteiger partial charge >= 0.3 is 5.97 Å². The molecule has 0 saturated carbocycles. The van der Waals surface area contributed by atoms with Gasteiger partial charge in [0.05, 0.1) is 5.56 Å². The molecular weight excluding hydrogens is 290 g/mol. The zero-order valence-corrected chi connectivity index (χ0v) is 9.28. The van der Waals surface area contributed by atoms with Crippen molar-refractivity contribution in [3.05, 3.63) is 33.8 Å². The molecule has 7 heteroatoms. The van der Waals surface area contributed by atoms with E-state index in [1.807, 2.05) is 0 Å². The summed E-state index contributed by atoms with van der Waals surface area (Å²) in [5.41, 5.74) is -0.877. The van der Waals surface area contributed by atoms with Gasteiger partial charge in [-0.25, -0.2) is 13.6 Å². The maximum Gasteiger partial charge on any atom is 0.335 e. The van der Waals surface area contributed by atoms with Crippen molar-refractivity contribution in [2.45, 2.75) is 12.2 Å². The molecule has 1 rings (SSSR count). The number of aliphatic carboxylic acids is 1. The molecule has 0 heterocycles. The summed E-state index contributed by atoms with van der Waals surface area (Å²) in [4.78, 5) is 10.3. The number of benzene rings is 1. The Kier molecular flexibility index (Phi) is 3.95. The lowest BCUT2D eigenvalue weighted by Crippen LogP contribution is -2.28.